The van der Waals surface area contributed by atoms with Gasteiger partial charge in [-0.1, -0.05) is 39.0 Å². The van der Waals surface area contributed by atoms with Gasteiger partial charge in [-0.3, -0.25) is 14.9 Å². The Labute approximate surface area is 195 Å². The van der Waals surface area contributed by atoms with E-state index in [0.29, 0.717) is 22.3 Å². The van der Waals surface area contributed by atoms with E-state index in [4.69, 9.17) is 16.2 Å². The van der Waals surface area contributed by atoms with Crippen molar-refractivity contribution in [2.75, 3.05) is 11.9 Å². The molecule has 1 heterocycles. The summed E-state index contributed by atoms with van der Waals surface area (Å²) in [5.74, 6) is -0.250. The Morgan fingerprint density at radius 2 is 1.82 bits per heavy atom. The van der Waals surface area contributed by atoms with Crippen molar-refractivity contribution in [1.29, 1.82) is 0 Å². The number of nitro benzene ring substituents is 1. The number of rotatable bonds is 8. The summed E-state index contributed by atoms with van der Waals surface area (Å²) in [6.45, 7) is 5.78. The number of para-hydroxylation sites is 1. The number of ether oxygens (including phenoxy) is 1. The van der Waals surface area contributed by atoms with Crippen LogP contribution in [0.15, 0.2) is 48.8 Å². The van der Waals surface area contributed by atoms with Gasteiger partial charge < -0.3 is 21.5 Å². The number of benzene rings is 2. The molecule has 0 aliphatic carbocycles. The van der Waals surface area contributed by atoms with Crippen LogP contribution < -0.4 is 16.8 Å². The minimum absolute atomic E-state index is 0.0577. The second kappa shape index (κ2) is 9.30. The number of nitrogens with zero attached hydrogens (tertiary/aromatic N) is 3. The average molecular weight is 466 g/mol. The quantitative estimate of drug-likeness (QED) is 0.334. The molecule has 2 aromatic carbocycles. The minimum atomic E-state index is -1.02. The van der Waals surface area contributed by atoms with Crippen LogP contribution in [-0.4, -0.2) is 33.5 Å². The molecule has 2 amide bonds. The maximum Gasteiger partial charge on any atom is 0.404 e. The number of nitrogens with one attached hydrogen (secondary N) is 1. The van der Waals surface area contributed by atoms with Crippen molar-refractivity contribution in [3.8, 4) is 0 Å². The lowest BCUT2D eigenvalue weighted by molar-refractivity contribution is -0.385. The van der Waals surface area contributed by atoms with Gasteiger partial charge in [-0.15, -0.1) is 0 Å². The van der Waals surface area contributed by atoms with Gasteiger partial charge in [0, 0.05) is 23.9 Å². The van der Waals surface area contributed by atoms with Gasteiger partial charge in [-0.25, -0.2) is 14.8 Å². The first kappa shape index (κ1) is 24.4. The highest BCUT2D eigenvalue weighted by molar-refractivity contribution is 6.06. The van der Waals surface area contributed by atoms with Gasteiger partial charge in [0.1, 0.15) is 12.1 Å². The molecular weight excluding hydrogens is 440 g/mol. The van der Waals surface area contributed by atoms with E-state index in [2.05, 4.69) is 15.3 Å². The fourth-order valence-corrected chi connectivity index (χ4v) is 4.05. The third kappa shape index (κ3) is 4.72. The molecule has 178 valence electrons. The predicted octanol–water partition coefficient (Wildman–Crippen LogP) is 3.48. The zero-order valence-corrected chi connectivity index (χ0v) is 19.1. The molecule has 11 heteroatoms. The summed E-state index contributed by atoms with van der Waals surface area (Å²) >= 11 is 0. The molecule has 0 aliphatic rings. The summed E-state index contributed by atoms with van der Waals surface area (Å²) in [5.41, 5.74) is 10.2. The van der Waals surface area contributed by atoms with E-state index >= 15 is 0 Å². The van der Waals surface area contributed by atoms with Crippen LogP contribution >= 0.6 is 0 Å². The topological polar surface area (TPSA) is 176 Å². The molecule has 5 N–H and O–H groups in total. The largest absolute Gasteiger partial charge is 0.450 e. The zero-order chi connectivity index (χ0) is 25.1. The van der Waals surface area contributed by atoms with Crippen molar-refractivity contribution in [3.63, 3.8) is 0 Å². The van der Waals surface area contributed by atoms with Crippen molar-refractivity contribution in [1.82, 2.24) is 9.97 Å². The van der Waals surface area contributed by atoms with Crippen molar-refractivity contribution >= 4 is 34.4 Å². The van der Waals surface area contributed by atoms with Crippen LogP contribution in [0.5, 0.6) is 0 Å². The lowest BCUT2D eigenvalue weighted by atomic mass is 9.67. The Morgan fingerprint density at radius 3 is 2.44 bits per heavy atom. The van der Waals surface area contributed by atoms with Gasteiger partial charge in [-0.2, -0.15) is 0 Å². The Hall–Kier alpha value is -4.28. The van der Waals surface area contributed by atoms with Gasteiger partial charge in [-0.05, 0) is 23.1 Å². The number of nitrogens with two attached hydrogens (primary N) is 2. The Kier molecular flexibility index (Phi) is 6.66. The number of carbonyl (C=O) groups is 2. The highest BCUT2D eigenvalue weighted by atomic mass is 16.6. The smallest absolute Gasteiger partial charge is 0.404 e. The Morgan fingerprint density at radius 1 is 1.12 bits per heavy atom. The summed E-state index contributed by atoms with van der Waals surface area (Å²) in [5, 5.41) is 15.5. The number of non-ortho nitro benzene ring substituents is 1. The second-order valence-corrected chi connectivity index (χ2v) is 8.79. The van der Waals surface area contributed by atoms with Gasteiger partial charge in [0.05, 0.1) is 28.1 Å². The molecule has 0 saturated heterocycles. The molecule has 0 saturated carbocycles. The van der Waals surface area contributed by atoms with E-state index in [1.807, 2.05) is 20.8 Å². The molecule has 1 aromatic heterocycles. The average Bonchev–Trinajstić information content (AvgIpc) is 2.77. The number of hydrogen-bond acceptors (Lipinski definition) is 8. The molecule has 1 unspecified atom stereocenters. The van der Waals surface area contributed by atoms with E-state index < -0.39 is 27.9 Å². The van der Waals surface area contributed by atoms with Gasteiger partial charge >= 0.3 is 6.09 Å². The maximum absolute atomic E-state index is 11.9. The second-order valence-electron chi connectivity index (χ2n) is 8.79. The number of hydrogen-bond donors (Lipinski definition) is 3. The van der Waals surface area contributed by atoms with Gasteiger partial charge in [0.2, 0.25) is 0 Å². The van der Waals surface area contributed by atoms with E-state index in [-0.39, 0.29) is 24.3 Å². The monoisotopic (exact) mass is 466 g/mol. The third-order valence-corrected chi connectivity index (χ3v) is 5.81. The summed E-state index contributed by atoms with van der Waals surface area (Å²) < 4.78 is 5.04. The van der Waals surface area contributed by atoms with Crippen molar-refractivity contribution in [2.24, 2.45) is 16.9 Å². The summed E-state index contributed by atoms with van der Waals surface area (Å²) in [7, 11) is 0. The van der Waals surface area contributed by atoms with E-state index in [1.165, 1.54) is 18.5 Å². The lowest BCUT2D eigenvalue weighted by Gasteiger charge is -2.46. The highest BCUT2D eigenvalue weighted by Gasteiger charge is 2.45. The molecule has 0 radical (unpaired) electrons. The molecule has 0 spiro atoms. The fourth-order valence-electron chi connectivity index (χ4n) is 4.05. The van der Waals surface area contributed by atoms with Crippen LogP contribution in [0.25, 0.3) is 10.9 Å². The fraction of sp³-hybridized carbons (Fsp3) is 0.304. The number of nitro groups is 1. The van der Waals surface area contributed by atoms with E-state index in [0.717, 1.165) is 0 Å². The van der Waals surface area contributed by atoms with Crippen molar-refractivity contribution < 1.29 is 19.2 Å². The van der Waals surface area contributed by atoms with Crippen LogP contribution in [0.3, 0.4) is 0 Å². The van der Waals surface area contributed by atoms with E-state index in [1.54, 1.807) is 30.3 Å². The molecule has 0 bridgehead atoms. The number of carbonyl (C=O) groups excluding carboxylic acids is 2. The normalized spacial score (nSPS) is 13.1. The molecular formula is C23H26N6O5. The predicted molar refractivity (Wildman–Crippen MR) is 126 cm³/mol. The summed E-state index contributed by atoms with van der Waals surface area (Å²) in [6.07, 6.45) is 0.583. The first-order valence-corrected chi connectivity index (χ1v) is 10.4. The number of primary amides is 2. The zero-order valence-electron chi connectivity index (χ0n) is 19.1. The number of anilines is 1. The molecule has 3 aromatic rings. The summed E-state index contributed by atoms with van der Waals surface area (Å²) in [6, 6.07) is 11.2. The number of amides is 2. The van der Waals surface area contributed by atoms with Crippen LogP contribution in [0.2, 0.25) is 0 Å². The molecule has 34 heavy (non-hydrogen) atoms. The van der Waals surface area contributed by atoms with Gasteiger partial charge in [0.25, 0.3) is 11.6 Å². The van der Waals surface area contributed by atoms with Crippen molar-refractivity contribution in [3.05, 3.63) is 70.0 Å². The van der Waals surface area contributed by atoms with Crippen LogP contribution in [0.4, 0.5) is 16.3 Å². The Balaban J connectivity index is 2.24. The van der Waals surface area contributed by atoms with Crippen LogP contribution in [0.1, 0.15) is 43.1 Å². The maximum atomic E-state index is 11.9. The van der Waals surface area contributed by atoms with Crippen LogP contribution in [-0.2, 0) is 10.3 Å². The first-order valence-electron chi connectivity index (χ1n) is 10.4. The Bertz CT molecular complexity index is 1260. The molecule has 0 fully saturated rings. The highest BCUT2D eigenvalue weighted by Crippen LogP contribution is 2.46. The summed E-state index contributed by atoms with van der Waals surface area (Å²) in [4.78, 5) is 42.8. The SMILES string of the molecule is CC(C)(C)C(CCOC(N)=O)(Nc1ncnc2c(C(N)=O)cccc12)c1cccc([N+](=O)[O-])c1. The molecule has 3 rings (SSSR count). The van der Waals surface area contributed by atoms with Crippen LogP contribution in [0, 0.1) is 15.5 Å². The van der Waals surface area contributed by atoms with Gasteiger partial charge in [0.15, 0.2) is 0 Å². The van der Waals surface area contributed by atoms with Crippen molar-refractivity contribution in [2.45, 2.75) is 32.7 Å². The first-order chi connectivity index (χ1) is 16.0. The molecule has 11 nitrogen and oxygen atoms in total. The lowest BCUT2D eigenvalue weighted by Crippen LogP contribution is -2.48. The molecule has 1 atom stereocenters. The molecule has 0 aliphatic heterocycles. The standard InChI is InChI=1S/C23H26N6O5/c1-22(2,3)23(10-11-34-21(25)31,14-6-4-7-15(12-14)29(32)33)28-20-17-9-5-8-16(19(24)30)18(17)26-13-27-20/h4-9,12-13H,10-11H2,1-3H3,(H2,24,30)(H2,25,31)(H,26,27,28). The number of aromatic nitrogens is 2. The minimum Gasteiger partial charge on any atom is -0.450 e. The third-order valence-electron chi connectivity index (χ3n) is 5.81. The number of fused-ring (bicyclic) bond motifs is 1. The van der Waals surface area contributed by atoms with E-state index in [9.17, 15) is 19.7 Å².